The molecule has 0 bridgehead atoms. The van der Waals surface area contributed by atoms with E-state index in [0.29, 0.717) is 19.6 Å². The monoisotopic (exact) mass is 360 g/mol. The first-order valence-electron chi connectivity index (χ1n) is 8.50. The average Bonchev–Trinajstić information content (AvgIpc) is 3.23. The molecule has 3 heterocycles. The molecule has 0 unspecified atom stereocenters. The number of aliphatic carboxylic acids is 1. The van der Waals surface area contributed by atoms with Gasteiger partial charge in [-0.15, -0.1) is 11.3 Å². The van der Waals surface area contributed by atoms with Crippen LogP contribution >= 0.6 is 11.3 Å². The summed E-state index contributed by atoms with van der Waals surface area (Å²) in [5.74, 6) is -0.821. The highest BCUT2D eigenvalue weighted by molar-refractivity contribution is 7.09. The second kappa shape index (κ2) is 6.52. The highest BCUT2D eigenvalue weighted by Gasteiger charge is 2.57. The third-order valence-electron chi connectivity index (χ3n) is 5.43. The molecule has 2 aromatic rings. The van der Waals surface area contributed by atoms with Gasteiger partial charge in [-0.25, -0.2) is 4.39 Å². The number of rotatable bonds is 5. The van der Waals surface area contributed by atoms with Gasteiger partial charge in [0.25, 0.3) is 0 Å². The van der Waals surface area contributed by atoms with Gasteiger partial charge in [0.15, 0.2) is 0 Å². The largest absolute Gasteiger partial charge is 0.481 e. The number of halogens is 1. The van der Waals surface area contributed by atoms with Gasteiger partial charge in [-0.3, -0.25) is 14.6 Å². The van der Waals surface area contributed by atoms with Gasteiger partial charge in [-0.05, 0) is 29.1 Å². The highest BCUT2D eigenvalue weighted by atomic mass is 32.1. The summed E-state index contributed by atoms with van der Waals surface area (Å²) in [6, 6.07) is 10.7. The number of likely N-dealkylation sites (tertiary alicyclic amines) is 2. The van der Waals surface area contributed by atoms with E-state index in [9.17, 15) is 14.3 Å². The van der Waals surface area contributed by atoms with Crippen LogP contribution in [-0.2, 0) is 17.9 Å². The van der Waals surface area contributed by atoms with Gasteiger partial charge in [0.1, 0.15) is 5.82 Å². The van der Waals surface area contributed by atoms with Gasteiger partial charge in [-0.2, -0.15) is 0 Å². The van der Waals surface area contributed by atoms with Crippen LogP contribution < -0.4 is 0 Å². The summed E-state index contributed by atoms with van der Waals surface area (Å²) in [7, 11) is 0. The number of carbonyl (C=O) groups is 1. The number of hydrogen-bond donors (Lipinski definition) is 1. The molecule has 132 valence electrons. The molecule has 1 aromatic heterocycles. The van der Waals surface area contributed by atoms with E-state index >= 15 is 0 Å². The van der Waals surface area contributed by atoms with Gasteiger partial charge < -0.3 is 5.11 Å². The van der Waals surface area contributed by atoms with Crippen LogP contribution in [0.2, 0.25) is 0 Å². The molecule has 0 aliphatic carbocycles. The molecular weight excluding hydrogens is 339 g/mol. The molecule has 6 heteroatoms. The Morgan fingerprint density at radius 3 is 2.56 bits per heavy atom. The van der Waals surface area contributed by atoms with E-state index in [1.54, 1.807) is 17.4 Å². The first-order valence-corrected chi connectivity index (χ1v) is 9.38. The maximum Gasteiger partial charge on any atom is 0.312 e. The predicted octanol–water partition coefficient (Wildman–Crippen LogP) is 2.91. The molecule has 1 N–H and O–H groups in total. The molecule has 0 amide bonds. The highest BCUT2D eigenvalue weighted by Crippen LogP contribution is 2.43. The van der Waals surface area contributed by atoms with Crippen LogP contribution in [0.4, 0.5) is 4.39 Å². The molecule has 2 atom stereocenters. The standard InChI is InChI=1S/C19H21FN2O2S/c20-16-4-1-3-14(7-16)8-21-9-15-10-22(11-17-5-2-6-25-17)13-19(15,12-21)18(23)24/h1-7,15H,8-13H2,(H,23,24)/t15-,19-/m1/s1. The van der Waals surface area contributed by atoms with Gasteiger partial charge in [0.05, 0.1) is 5.41 Å². The SMILES string of the molecule is O=C(O)[C@@]12CN(Cc3cccc(F)c3)C[C@@H]1CN(Cc1cccs1)C2. The Kier molecular flexibility index (Phi) is 4.35. The van der Waals surface area contributed by atoms with E-state index in [-0.39, 0.29) is 11.7 Å². The minimum Gasteiger partial charge on any atom is -0.481 e. The van der Waals surface area contributed by atoms with Gasteiger partial charge in [0, 0.05) is 50.1 Å². The topological polar surface area (TPSA) is 43.8 Å². The Hall–Kier alpha value is -1.76. The molecule has 2 fully saturated rings. The molecule has 1 aromatic carbocycles. The molecule has 2 aliphatic heterocycles. The number of carboxylic acid groups (broad SMARTS) is 1. The predicted molar refractivity (Wildman–Crippen MR) is 94.8 cm³/mol. The fourth-order valence-electron chi connectivity index (χ4n) is 4.33. The number of nitrogens with zero attached hydrogens (tertiary/aromatic N) is 2. The van der Waals surface area contributed by atoms with Crippen molar-refractivity contribution < 1.29 is 14.3 Å². The van der Waals surface area contributed by atoms with Crippen molar-refractivity contribution in [2.24, 2.45) is 11.3 Å². The van der Waals surface area contributed by atoms with Crippen molar-refractivity contribution in [1.82, 2.24) is 9.80 Å². The Morgan fingerprint density at radius 2 is 1.96 bits per heavy atom. The summed E-state index contributed by atoms with van der Waals surface area (Å²) in [4.78, 5) is 17.8. The van der Waals surface area contributed by atoms with Crippen molar-refractivity contribution in [2.75, 3.05) is 26.2 Å². The molecule has 25 heavy (non-hydrogen) atoms. The maximum absolute atomic E-state index is 13.4. The number of fused-ring (bicyclic) bond motifs is 1. The zero-order valence-electron chi connectivity index (χ0n) is 13.9. The van der Waals surface area contributed by atoms with Crippen molar-refractivity contribution >= 4 is 17.3 Å². The van der Waals surface area contributed by atoms with Gasteiger partial charge in [0.2, 0.25) is 0 Å². The van der Waals surface area contributed by atoms with Crippen molar-refractivity contribution in [3.05, 3.63) is 58.0 Å². The molecule has 2 saturated heterocycles. The number of thiophene rings is 1. The molecule has 0 spiro atoms. The van der Waals surface area contributed by atoms with E-state index in [4.69, 9.17) is 0 Å². The molecule has 0 radical (unpaired) electrons. The smallest absolute Gasteiger partial charge is 0.312 e. The summed E-state index contributed by atoms with van der Waals surface area (Å²) < 4.78 is 13.4. The van der Waals surface area contributed by atoms with Crippen LogP contribution in [0.5, 0.6) is 0 Å². The fourth-order valence-corrected chi connectivity index (χ4v) is 5.08. The lowest BCUT2D eigenvalue weighted by molar-refractivity contribution is -0.149. The first-order chi connectivity index (χ1) is 12.0. The Morgan fingerprint density at radius 1 is 1.20 bits per heavy atom. The van der Waals surface area contributed by atoms with Crippen molar-refractivity contribution in [1.29, 1.82) is 0 Å². The number of hydrogen-bond acceptors (Lipinski definition) is 4. The summed E-state index contributed by atoms with van der Waals surface area (Å²) in [6.07, 6.45) is 0. The number of carboxylic acids is 1. The van der Waals surface area contributed by atoms with Gasteiger partial charge >= 0.3 is 5.97 Å². The number of benzene rings is 1. The van der Waals surface area contributed by atoms with Crippen molar-refractivity contribution in [2.45, 2.75) is 13.1 Å². The van der Waals surface area contributed by atoms with E-state index < -0.39 is 11.4 Å². The van der Waals surface area contributed by atoms with E-state index in [1.807, 2.05) is 12.1 Å². The molecule has 4 nitrogen and oxygen atoms in total. The Bertz CT molecular complexity index is 767. The van der Waals surface area contributed by atoms with E-state index in [0.717, 1.165) is 25.2 Å². The summed E-state index contributed by atoms with van der Waals surface area (Å²) in [6.45, 7) is 4.11. The van der Waals surface area contributed by atoms with Crippen molar-refractivity contribution in [3.8, 4) is 0 Å². The lowest BCUT2D eigenvalue weighted by Crippen LogP contribution is -2.40. The quantitative estimate of drug-likeness (QED) is 0.890. The summed E-state index contributed by atoms with van der Waals surface area (Å²) in [5, 5.41) is 12.0. The van der Waals surface area contributed by atoms with Gasteiger partial charge in [-0.1, -0.05) is 18.2 Å². The Balaban J connectivity index is 1.46. The maximum atomic E-state index is 13.4. The third kappa shape index (κ3) is 3.21. The molecule has 2 aliphatic rings. The van der Waals surface area contributed by atoms with Crippen molar-refractivity contribution in [3.63, 3.8) is 0 Å². The molecule has 0 saturated carbocycles. The van der Waals surface area contributed by atoms with Crippen LogP contribution in [0, 0.1) is 17.2 Å². The zero-order chi connectivity index (χ0) is 17.4. The fraction of sp³-hybridized carbons (Fsp3) is 0.421. The summed E-state index contributed by atoms with van der Waals surface area (Å²) >= 11 is 1.71. The van der Waals surface area contributed by atoms with E-state index in [1.165, 1.54) is 17.0 Å². The van der Waals surface area contributed by atoms with Crippen LogP contribution in [-0.4, -0.2) is 47.1 Å². The van der Waals surface area contributed by atoms with E-state index in [2.05, 4.69) is 21.2 Å². The lowest BCUT2D eigenvalue weighted by atomic mass is 9.81. The molecular formula is C19H21FN2O2S. The molecule has 4 rings (SSSR count). The van der Waals surface area contributed by atoms with Crippen LogP contribution in [0.25, 0.3) is 0 Å². The lowest BCUT2D eigenvalue weighted by Gasteiger charge is -2.25. The average molecular weight is 360 g/mol. The zero-order valence-corrected chi connectivity index (χ0v) is 14.7. The second-order valence-corrected chi connectivity index (χ2v) is 8.24. The Labute approximate surface area is 150 Å². The second-order valence-electron chi connectivity index (χ2n) is 7.21. The summed E-state index contributed by atoms with van der Waals surface area (Å²) in [5.41, 5.74) is 0.195. The minimum absolute atomic E-state index is 0.124. The minimum atomic E-state index is -0.704. The third-order valence-corrected chi connectivity index (χ3v) is 6.29. The van der Waals surface area contributed by atoms with Crippen LogP contribution in [0.3, 0.4) is 0 Å². The first kappa shape index (κ1) is 16.7. The van der Waals surface area contributed by atoms with Crippen LogP contribution in [0.15, 0.2) is 41.8 Å². The van der Waals surface area contributed by atoms with Crippen LogP contribution in [0.1, 0.15) is 10.4 Å². The normalized spacial score (nSPS) is 26.8.